The lowest BCUT2D eigenvalue weighted by atomic mass is 10.1. The van der Waals surface area contributed by atoms with E-state index in [4.69, 9.17) is 0 Å². The number of H-pyrrole nitrogens is 1. The van der Waals surface area contributed by atoms with Crippen LogP contribution in [0.2, 0.25) is 0 Å². The highest BCUT2D eigenvalue weighted by Crippen LogP contribution is 2.19. The van der Waals surface area contributed by atoms with E-state index < -0.39 is 11.7 Å². The Balaban J connectivity index is 0.000000714. The van der Waals surface area contributed by atoms with Crippen LogP contribution in [0.5, 0.6) is 0 Å². The van der Waals surface area contributed by atoms with E-state index in [2.05, 4.69) is 23.8 Å². The van der Waals surface area contributed by atoms with Gasteiger partial charge >= 0.3 is 0 Å². The molecule has 1 aliphatic heterocycles. The van der Waals surface area contributed by atoms with Crippen molar-refractivity contribution in [3.05, 3.63) is 66.0 Å². The summed E-state index contributed by atoms with van der Waals surface area (Å²) in [6.45, 7) is 11.2. The number of amides is 2. The number of benzene rings is 1. The quantitative estimate of drug-likeness (QED) is 0.468. The van der Waals surface area contributed by atoms with Gasteiger partial charge in [0.05, 0.1) is 5.56 Å². The molecule has 0 bridgehead atoms. The maximum Gasteiger partial charge on any atom is 0.295 e. The van der Waals surface area contributed by atoms with Crippen LogP contribution in [0.4, 0.5) is 0 Å². The van der Waals surface area contributed by atoms with E-state index in [0.717, 1.165) is 0 Å². The highest BCUT2D eigenvalue weighted by molar-refractivity contribution is 6.44. The summed E-state index contributed by atoms with van der Waals surface area (Å²) in [6.07, 6.45) is 4.40. The molecule has 0 saturated carbocycles. The largest absolute Gasteiger partial charge is 0.345 e. The Bertz CT molecular complexity index is 1060. The Morgan fingerprint density at radius 1 is 1.03 bits per heavy atom. The fourth-order valence-electron chi connectivity index (χ4n) is 3.60. The molecule has 7 nitrogen and oxygen atoms in total. The van der Waals surface area contributed by atoms with Gasteiger partial charge in [-0.3, -0.25) is 14.4 Å². The number of hydrogen-bond donors (Lipinski definition) is 1. The number of Topliss-reactive ketones (excluding diaryl/α,β-unsaturated/α-hetero) is 1. The number of piperazine rings is 1. The van der Waals surface area contributed by atoms with Gasteiger partial charge in [-0.1, -0.05) is 52.3 Å². The lowest BCUT2D eigenvalue weighted by Crippen LogP contribution is -2.56. The minimum Gasteiger partial charge on any atom is -0.345 e. The number of aromatic nitrogens is 2. The molecule has 1 saturated heterocycles. The van der Waals surface area contributed by atoms with Gasteiger partial charge in [-0.05, 0) is 31.2 Å². The molecule has 3 aromatic rings. The summed E-state index contributed by atoms with van der Waals surface area (Å²) in [4.78, 5) is 48.6. The van der Waals surface area contributed by atoms with E-state index in [1.54, 1.807) is 40.3 Å². The molecule has 0 unspecified atom stereocenters. The van der Waals surface area contributed by atoms with Gasteiger partial charge in [0.1, 0.15) is 5.65 Å². The summed E-state index contributed by atoms with van der Waals surface area (Å²) in [5, 5.41) is 0.631. The number of rotatable bonds is 3. The summed E-state index contributed by atoms with van der Waals surface area (Å²) in [6, 6.07) is 12.3. The van der Waals surface area contributed by atoms with Gasteiger partial charge in [0, 0.05) is 49.0 Å². The lowest BCUT2D eigenvalue weighted by molar-refractivity contribution is -0.130. The maximum absolute atomic E-state index is 12.8. The molecule has 3 heterocycles. The minimum absolute atomic E-state index is 0.0615. The summed E-state index contributed by atoms with van der Waals surface area (Å²) in [7, 11) is 0. The summed E-state index contributed by atoms with van der Waals surface area (Å²) in [5.41, 5.74) is 1.52. The molecule has 7 heteroatoms. The van der Waals surface area contributed by atoms with E-state index in [-0.39, 0.29) is 11.9 Å². The van der Waals surface area contributed by atoms with Crippen molar-refractivity contribution in [3.63, 3.8) is 0 Å². The molecule has 1 aromatic carbocycles. The Kier molecular flexibility index (Phi) is 9.79. The average Bonchev–Trinajstić information content (AvgIpc) is 3.29. The van der Waals surface area contributed by atoms with Crippen molar-refractivity contribution in [3.8, 4) is 0 Å². The number of ketones is 1. The van der Waals surface area contributed by atoms with E-state index in [0.29, 0.717) is 41.8 Å². The molecule has 2 amide bonds. The first-order valence-corrected chi connectivity index (χ1v) is 11.6. The van der Waals surface area contributed by atoms with Gasteiger partial charge in [-0.25, -0.2) is 4.98 Å². The maximum atomic E-state index is 12.8. The number of fused-ring (bicyclic) bond motifs is 1. The molecule has 0 aliphatic carbocycles. The first-order valence-electron chi connectivity index (χ1n) is 11.6. The van der Waals surface area contributed by atoms with Crippen LogP contribution in [0.15, 0.2) is 54.9 Å². The molecular formula is C26H34N4O3. The van der Waals surface area contributed by atoms with Crippen LogP contribution in [0, 0.1) is 0 Å². The second-order valence-corrected chi connectivity index (χ2v) is 7.60. The number of hydrogen-bond acceptors (Lipinski definition) is 4. The average molecular weight is 451 g/mol. The summed E-state index contributed by atoms with van der Waals surface area (Å²) >= 11 is 0. The third-order valence-corrected chi connectivity index (χ3v) is 5.09. The normalized spacial score (nSPS) is 15.1. The molecule has 0 spiro atoms. The standard InChI is InChI=1S/C21H20N4O3.C3H8.C2H6/c1-14-13-24(20(27)15-6-3-2-4-7-15)10-11-25(14)21(28)18(26)17-12-23-19-16(17)8-5-9-22-19;1-3-2;1-2/h2-9,12,14H,10-11,13H2,1H3,(H,22,23);3H2,1-2H3;1-2H3/t14-;;/m1../s1. The van der Waals surface area contributed by atoms with Gasteiger partial charge in [0.2, 0.25) is 0 Å². The van der Waals surface area contributed by atoms with Crippen LogP contribution in [-0.4, -0.2) is 63.0 Å². The Hall–Kier alpha value is -3.48. The molecule has 176 valence electrons. The third-order valence-electron chi connectivity index (χ3n) is 5.09. The number of carbonyl (C=O) groups is 3. The van der Waals surface area contributed by atoms with Crippen molar-refractivity contribution >= 4 is 28.6 Å². The molecule has 1 fully saturated rings. The Labute approximate surface area is 195 Å². The molecule has 1 aliphatic rings. The Morgan fingerprint density at radius 2 is 1.70 bits per heavy atom. The molecule has 33 heavy (non-hydrogen) atoms. The van der Waals surface area contributed by atoms with Crippen molar-refractivity contribution in [2.45, 2.75) is 47.1 Å². The van der Waals surface area contributed by atoms with Crippen LogP contribution < -0.4 is 0 Å². The molecular weight excluding hydrogens is 416 g/mol. The number of nitrogens with zero attached hydrogens (tertiary/aromatic N) is 3. The number of carbonyl (C=O) groups excluding carboxylic acids is 3. The van der Waals surface area contributed by atoms with Gasteiger partial charge in [-0.15, -0.1) is 0 Å². The van der Waals surface area contributed by atoms with Crippen LogP contribution in [0.1, 0.15) is 61.8 Å². The second-order valence-electron chi connectivity index (χ2n) is 7.60. The smallest absolute Gasteiger partial charge is 0.295 e. The third kappa shape index (κ3) is 6.06. The van der Waals surface area contributed by atoms with Gasteiger partial charge < -0.3 is 14.8 Å². The molecule has 4 rings (SSSR count). The summed E-state index contributed by atoms with van der Waals surface area (Å²) < 4.78 is 0. The zero-order chi connectivity index (χ0) is 24.4. The van der Waals surface area contributed by atoms with Crippen LogP contribution in [0.3, 0.4) is 0 Å². The topological polar surface area (TPSA) is 86.4 Å². The zero-order valence-corrected chi connectivity index (χ0v) is 20.2. The van der Waals surface area contributed by atoms with E-state index in [9.17, 15) is 14.4 Å². The second kappa shape index (κ2) is 12.5. The van der Waals surface area contributed by atoms with Crippen molar-refractivity contribution < 1.29 is 14.4 Å². The van der Waals surface area contributed by atoms with Crippen molar-refractivity contribution in [1.82, 2.24) is 19.8 Å². The van der Waals surface area contributed by atoms with Gasteiger partial charge in [0.25, 0.3) is 17.6 Å². The molecule has 1 N–H and O–H groups in total. The van der Waals surface area contributed by atoms with Crippen molar-refractivity contribution in [2.75, 3.05) is 19.6 Å². The highest BCUT2D eigenvalue weighted by Gasteiger charge is 2.34. The van der Waals surface area contributed by atoms with Crippen LogP contribution in [-0.2, 0) is 4.79 Å². The number of aromatic amines is 1. The first kappa shape index (κ1) is 25.8. The predicted octanol–water partition coefficient (Wildman–Crippen LogP) is 4.56. The van der Waals surface area contributed by atoms with Gasteiger partial charge in [-0.2, -0.15) is 0 Å². The number of pyridine rings is 1. The van der Waals surface area contributed by atoms with E-state index in [1.807, 2.05) is 39.0 Å². The monoisotopic (exact) mass is 450 g/mol. The summed E-state index contributed by atoms with van der Waals surface area (Å²) in [5.74, 6) is -1.17. The van der Waals surface area contributed by atoms with E-state index in [1.165, 1.54) is 12.6 Å². The highest BCUT2D eigenvalue weighted by atomic mass is 16.2. The predicted molar refractivity (Wildman–Crippen MR) is 131 cm³/mol. The van der Waals surface area contributed by atoms with Crippen molar-refractivity contribution in [2.24, 2.45) is 0 Å². The van der Waals surface area contributed by atoms with E-state index >= 15 is 0 Å². The molecule has 1 atom stereocenters. The molecule has 0 radical (unpaired) electrons. The first-order chi connectivity index (χ1) is 16.0. The molecule has 2 aromatic heterocycles. The number of nitrogens with one attached hydrogen (secondary N) is 1. The van der Waals surface area contributed by atoms with Gasteiger partial charge in [0.15, 0.2) is 0 Å². The Morgan fingerprint density at radius 3 is 2.33 bits per heavy atom. The fraction of sp³-hybridized carbons (Fsp3) is 0.385. The minimum atomic E-state index is -0.561. The zero-order valence-electron chi connectivity index (χ0n) is 20.2. The van der Waals surface area contributed by atoms with Crippen LogP contribution in [0.25, 0.3) is 11.0 Å². The van der Waals surface area contributed by atoms with Crippen LogP contribution >= 0.6 is 0 Å². The van der Waals surface area contributed by atoms with Crippen molar-refractivity contribution in [1.29, 1.82) is 0 Å². The fourth-order valence-corrected chi connectivity index (χ4v) is 3.60. The lowest BCUT2D eigenvalue weighted by Gasteiger charge is -2.39. The SMILES string of the molecule is CC.CCC.C[C@@H]1CN(C(=O)c2ccccc2)CCN1C(=O)C(=O)c1c[nH]c2ncccc12.